The Hall–Kier alpha value is -3.07. The maximum absolute atomic E-state index is 5.33. The Morgan fingerprint density at radius 1 is 1.27 bits per heavy atom. The molecule has 0 fully saturated rings. The summed E-state index contributed by atoms with van der Waals surface area (Å²) in [7, 11) is 0. The van der Waals surface area contributed by atoms with Gasteiger partial charge in [0.2, 0.25) is 0 Å². The second-order valence-corrected chi connectivity index (χ2v) is 6.93. The van der Waals surface area contributed by atoms with E-state index in [1.807, 2.05) is 43.5 Å². The lowest BCUT2D eigenvalue weighted by Crippen LogP contribution is -2.03. The molecule has 26 heavy (non-hydrogen) atoms. The molecular formula is C17H17N7OS. The zero-order valence-corrected chi connectivity index (χ0v) is 15.1. The predicted molar refractivity (Wildman–Crippen MR) is 98.6 cm³/mol. The molecule has 4 heterocycles. The largest absolute Gasteiger partial charge is 0.363 e. The first-order chi connectivity index (χ1) is 12.7. The first-order valence-electron chi connectivity index (χ1n) is 8.18. The van der Waals surface area contributed by atoms with Gasteiger partial charge in [-0.15, -0.1) is 11.3 Å². The molecule has 0 radical (unpaired) electrons. The summed E-state index contributed by atoms with van der Waals surface area (Å²) < 4.78 is 5.33. The van der Waals surface area contributed by atoms with Crippen molar-refractivity contribution in [2.24, 2.45) is 0 Å². The molecule has 0 aliphatic carbocycles. The van der Waals surface area contributed by atoms with Crippen LogP contribution in [-0.2, 0) is 6.54 Å². The molecular weight excluding hydrogens is 350 g/mol. The van der Waals surface area contributed by atoms with Crippen LogP contribution in [0.2, 0.25) is 0 Å². The van der Waals surface area contributed by atoms with E-state index in [1.54, 1.807) is 17.5 Å². The Labute approximate surface area is 153 Å². The molecule has 9 heteroatoms. The van der Waals surface area contributed by atoms with Crippen LogP contribution in [0.3, 0.4) is 0 Å². The summed E-state index contributed by atoms with van der Waals surface area (Å²) >= 11 is 1.61. The monoisotopic (exact) mass is 367 g/mol. The minimum absolute atomic E-state index is 0.218. The Morgan fingerprint density at radius 3 is 2.96 bits per heavy atom. The van der Waals surface area contributed by atoms with Crippen molar-refractivity contribution >= 4 is 17.2 Å². The molecule has 0 atom stereocenters. The van der Waals surface area contributed by atoms with E-state index in [-0.39, 0.29) is 5.92 Å². The summed E-state index contributed by atoms with van der Waals surface area (Å²) in [6.45, 7) is 4.53. The number of hydrogen-bond acceptors (Lipinski definition) is 8. The molecule has 0 aliphatic heterocycles. The second kappa shape index (κ2) is 7.04. The fraction of sp³-hybridized carbons (Fsp3) is 0.235. The number of hydrogen-bond donors (Lipinski definition) is 2. The topological polar surface area (TPSA) is 105 Å². The van der Waals surface area contributed by atoms with Gasteiger partial charge in [-0.2, -0.15) is 10.1 Å². The maximum Gasteiger partial charge on any atom is 0.258 e. The van der Waals surface area contributed by atoms with Crippen LogP contribution in [0.1, 0.15) is 31.4 Å². The van der Waals surface area contributed by atoms with Crippen molar-refractivity contribution in [1.82, 2.24) is 30.3 Å². The lowest BCUT2D eigenvalue weighted by molar-refractivity contribution is 0.419. The molecule has 0 spiro atoms. The Morgan fingerprint density at radius 2 is 2.19 bits per heavy atom. The number of nitrogens with one attached hydrogen (secondary N) is 2. The third-order valence-corrected chi connectivity index (χ3v) is 4.54. The fourth-order valence-corrected chi connectivity index (χ4v) is 2.97. The zero-order valence-electron chi connectivity index (χ0n) is 14.3. The van der Waals surface area contributed by atoms with E-state index < -0.39 is 0 Å². The average molecular weight is 367 g/mol. The Kier molecular flexibility index (Phi) is 4.44. The van der Waals surface area contributed by atoms with Crippen molar-refractivity contribution in [3.63, 3.8) is 0 Å². The quantitative estimate of drug-likeness (QED) is 0.535. The average Bonchev–Trinajstić information content (AvgIpc) is 3.41. The molecule has 0 aliphatic rings. The minimum atomic E-state index is 0.218. The number of H-pyrrole nitrogens is 1. The van der Waals surface area contributed by atoms with E-state index in [1.165, 1.54) is 0 Å². The minimum Gasteiger partial charge on any atom is -0.363 e. The van der Waals surface area contributed by atoms with Crippen molar-refractivity contribution in [1.29, 1.82) is 0 Å². The van der Waals surface area contributed by atoms with Gasteiger partial charge < -0.3 is 9.84 Å². The molecule has 0 saturated heterocycles. The van der Waals surface area contributed by atoms with Crippen LogP contribution in [0.4, 0.5) is 5.82 Å². The van der Waals surface area contributed by atoms with Gasteiger partial charge in [-0.3, -0.25) is 5.10 Å². The van der Waals surface area contributed by atoms with Crippen LogP contribution in [0.15, 0.2) is 40.4 Å². The lowest BCUT2D eigenvalue weighted by atomic mass is 10.2. The van der Waals surface area contributed by atoms with Crippen molar-refractivity contribution in [2.45, 2.75) is 26.3 Å². The van der Waals surface area contributed by atoms with Gasteiger partial charge in [0.15, 0.2) is 11.6 Å². The number of pyridine rings is 1. The summed E-state index contributed by atoms with van der Waals surface area (Å²) in [5.41, 5.74) is 0.818. The van der Waals surface area contributed by atoms with Gasteiger partial charge in [0.05, 0.1) is 11.4 Å². The van der Waals surface area contributed by atoms with Gasteiger partial charge in [-0.05, 0) is 23.6 Å². The van der Waals surface area contributed by atoms with Crippen LogP contribution in [0.5, 0.6) is 0 Å². The van der Waals surface area contributed by atoms with Crippen molar-refractivity contribution in [2.75, 3.05) is 5.32 Å². The van der Waals surface area contributed by atoms with Crippen LogP contribution in [0.25, 0.3) is 22.2 Å². The molecule has 4 aromatic rings. The highest BCUT2D eigenvalue weighted by Gasteiger charge is 2.12. The molecule has 0 saturated carbocycles. The lowest BCUT2D eigenvalue weighted by Gasteiger charge is -2.03. The summed E-state index contributed by atoms with van der Waals surface area (Å²) in [6, 6.07) is 7.68. The van der Waals surface area contributed by atoms with Crippen molar-refractivity contribution < 1.29 is 4.52 Å². The van der Waals surface area contributed by atoms with Crippen molar-refractivity contribution in [3.05, 3.63) is 47.5 Å². The highest BCUT2D eigenvalue weighted by atomic mass is 32.1. The number of anilines is 1. The van der Waals surface area contributed by atoms with E-state index in [2.05, 4.69) is 35.6 Å². The smallest absolute Gasteiger partial charge is 0.258 e. The first kappa shape index (κ1) is 16.4. The number of thiophene rings is 1. The first-order valence-corrected chi connectivity index (χ1v) is 9.06. The second-order valence-electron chi connectivity index (χ2n) is 5.98. The van der Waals surface area contributed by atoms with Crippen molar-refractivity contribution in [3.8, 4) is 22.2 Å². The summed E-state index contributed by atoms with van der Waals surface area (Å²) in [6.07, 6.45) is 1.70. The third kappa shape index (κ3) is 3.47. The van der Waals surface area contributed by atoms with E-state index in [4.69, 9.17) is 4.52 Å². The molecule has 2 N–H and O–H groups in total. The Bertz CT molecular complexity index is 990. The molecule has 132 valence electrons. The van der Waals surface area contributed by atoms with E-state index in [9.17, 15) is 0 Å². The highest BCUT2D eigenvalue weighted by Crippen LogP contribution is 2.22. The molecule has 0 unspecified atom stereocenters. The summed E-state index contributed by atoms with van der Waals surface area (Å²) in [5, 5.41) is 16.4. The number of rotatable bonds is 6. The van der Waals surface area contributed by atoms with Gasteiger partial charge >= 0.3 is 0 Å². The molecule has 0 amide bonds. The van der Waals surface area contributed by atoms with Crippen LogP contribution >= 0.6 is 11.3 Å². The standard InChI is InChI=1S/C17H17N7OS/c1-10(2)15-21-17(25-24-15)11-5-6-18-13(8-11)19-9-14-20-16(23-22-14)12-4-3-7-26-12/h3-8,10H,9H2,1-2H3,(H,18,19)(H,20,22,23). The molecule has 4 aromatic heterocycles. The summed E-state index contributed by atoms with van der Waals surface area (Å²) in [5.74, 6) is 3.52. The summed E-state index contributed by atoms with van der Waals surface area (Å²) in [4.78, 5) is 14.2. The van der Waals surface area contributed by atoms with Crippen LogP contribution < -0.4 is 5.32 Å². The molecule has 8 nitrogen and oxygen atoms in total. The van der Waals surface area contributed by atoms with Gasteiger partial charge in [0.25, 0.3) is 5.89 Å². The van der Waals surface area contributed by atoms with Gasteiger partial charge in [0.1, 0.15) is 11.6 Å². The molecule has 0 aromatic carbocycles. The number of nitrogens with zero attached hydrogens (tertiary/aromatic N) is 5. The van der Waals surface area contributed by atoms with Gasteiger partial charge in [0, 0.05) is 17.7 Å². The number of aromatic nitrogens is 6. The van der Waals surface area contributed by atoms with E-state index in [0.717, 1.165) is 16.3 Å². The van der Waals surface area contributed by atoms with Crippen LogP contribution in [-0.4, -0.2) is 30.3 Å². The normalized spacial score (nSPS) is 11.2. The van der Waals surface area contributed by atoms with E-state index >= 15 is 0 Å². The van der Waals surface area contributed by atoms with Crippen LogP contribution in [0, 0.1) is 0 Å². The fourth-order valence-electron chi connectivity index (χ4n) is 2.31. The predicted octanol–water partition coefficient (Wildman–Crippen LogP) is 3.71. The highest BCUT2D eigenvalue weighted by molar-refractivity contribution is 7.13. The SMILES string of the molecule is CC(C)c1noc(-c2ccnc(NCc3nc(-c4cccs4)n[nH]3)c2)n1. The van der Waals surface area contributed by atoms with Gasteiger partial charge in [-0.1, -0.05) is 25.1 Å². The Balaban J connectivity index is 1.45. The number of aromatic amines is 1. The van der Waals surface area contributed by atoms with E-state index in [0.29, 0.717) is 29.9 Å². The third-order valence-electron chi connectivity index (χ3n) is 3.68. The zero-order chi connectivity index (χ0) is 17.9. The maximum atomic E-state index is 5.33. The van der Waals surface area contributed by atoms with Gasteiger partial charge in [-0.25, -0.2) is 9.97 Å². The molecule has 0 bridgehead atoms. The molecule has 4 rings (SSSR count).